The number of hydrogen-bond acceptors (Lipinski definition) is 4. The standard InChI is InChI=1S/C14H24N4O3/c1-14(2,3)21-13(20)17-8-5-10-11(9-17)16-18(12(10)19)7-4-6-15/h16H,4-9,15H2,1-3H3. The van der Waals surface area contributed by atoms with E-state index in [2.05, 4.69) is 5.10 Å². The predicted octanol–water partition coefficient (Wildman–Crippen LogP) is 0.818. The molecule has 0 spiro atoms. The van der Waals surface area contributed by atoms with Crippen LogP contribution in [0, 0.1) is 0 Å². The van der Waals surface area contributed by atoms with Crippen LogP contribution >= 0.6 is 0 Å². The lowest BCUT2D eigenvalue weighted by molar-refractivity contribution is 0.0221. The fraction of sp³-hybridized carbons (Fsp3) is 0.714. The molecule has 0 aromatic carbocycles. The molecule has 0 radical (unpaired) electrons. The first kappa shape index (κ1) is 15.6. The Bertz CT molecular complexity index is 568. The highest BCUT2D eigenvalue weighted by Crippen LogP contribution is 2.17. The lowest BCUT2D eigenvalue weighted by Gasteiger charge is -2.29. The van der Waals surface area contributed by atoms with Crippen LogP contribution in [0.2, 0.25) is 0 Å². The molecular formula is C14H24N4O3. The zero-order chi connectivity index (χ0) is 15.6. The third-order valence-corrected chi connectivity index (χ3v) is 3.36. The Morgan fingerprint density at radius 2 is 2.14 bits per heavy atom. The molecule has 2 heterocycles. The Morgan fingerprint density at radius 3 is 2.76 bits per heavy atom. The van der Waals surface area contributed by atoms with E-state index in [0.717, 1.165) is 17.7 Å². The minimum Gasteiger partial charge on any atom is -0.444 e. The van der Waals surface area contributed by atoms with Crippen molar-refractivity contribution in [2.75, 3.05) is 13.1 Å². The van der Waals surface area contributed by atoms with Crippen molar-refractivity contribution in [3.8, 4) is 0 Å². The number of nitrogens with two attached hydrogens (primary N) is 1. The highest BCUT2D eigenvalue weighted by atomic mass is 16.6. The van der Waals surface area contributed by atoms with Gasteiger partial charge >= 0.3 is 6.09 Å². The second-order valence-electron chi connectivity index (χ2n) is 6.32. The maximum absolute atomic E-state index is 12.2. The van der Waals surface area contributed by atoms with Gasteiger partial charge in [-0.1, -0.05) is 0 Å². The summed E-state index contributed by atoms with van der Waals surface area (Å²) >= 11 is 0. The second-order valence-corrected chi connectivity index (χ2v) is 6.32. The van der Waals surface area contributed by atoms with Gasteiger partial charge in [0.1, 0.15) is 5.60 Å². The number of hydrogen-bond donors (Lipinski definition) is 2. The molecule has 0 fully saturated rings. The van der Waals surface area contributed by atoms with Crippen molar-refractivity contribution in [3.63, 3.8) is 0 Å². The molecule has 2 rings (SSSR count). The van der Waals surface area contributed by atoms with E-state index in [4.69, 9.17) is 10.5 Å². The van der Waals surface area contributed by atoms with Gasteiger partial charge in [-0.05, 0) is 40.2 Å². The molecule has 1 aliphatic rings. The van der Waals surface area contributed by atoms with Gasteiger partial charge in [-0.15, -0.1) is 0 Å². The van der Waals surface area contributed by atoms with E-state index in [-0.39, 0.29) is 11.7 Å². The lowest BCUT2D eigenvalue weighted by Crippen LogP contribution is -2.40. The van der Waals surface area contributed by atoms with Gasteiger partial charge in [-0.25, -0.2) is 4.79 Å². The first-order valence-electron chi connectivity index (χ1n) is 7.30. The molecule has 1 aromatic heterocycles. The summed E-state index contributed by atoms with van der Waals surface area (Å²) in [6, 6.07) is 0. The minimum atomic E-state index is -0.516. The highest BCUT2D eigenvalue weighted by Gasteiger charge is 2.28. The van der Waals surface area contributed by atoms with Crippen LogP contribution in [-0.2, 0) is 24.2 Å². The van der Waals surface area contributed by atoms with Crippen LogP contribution in [0.4, 0.5) is 4.79 Å². The summed E-state index contributed by atoms with van der Waals surface area (Å²) in [5.41, 5.74) is 6.53. The first-order chi connectivity index (χ1) is 9.81. The van der Waals surface area contributed by atoms with E-state index in [0.29, 0.717) is 32.6 Å². The molecule has 1 aromatic rings. The number of nitrogens with one attached hydrogen (secondary N) is 1. The number of nitrogens with zero attached hydrogens (tertiary/aromatic N) is 2. The van der Waals surface area contributed by atoms with Crippen molar-refractivity contribution in [1.29, 1.82) is 0 Å². The van der Waals surface area contributed by atoms with E-state index in [1.54, 1.807) is 9.58 Å². The van der Waals surface area contributed by atoms with E-state index >= 15 is 0 Å². The fourth-order valence-corrected chi connectivity index (χ4v) is 2.37. The Balaban J connectivity index is 2.10. The van der Waals surface area contributed by atoms with Crippen LogP contribution in [0.25, 0.3) is 0 Å². The molecule has 0 unspecified atom stereocenters. The molecule has 0 atom stereocenters. The molecule has 7 nitrogen and oxygen atoms in total. The molecule has 3 N–H and O–H groups in total. The van der Waals surface area contributed by atoms with Gasteiger partial charge in [0.25, 0.3) is 5.56 Å². The van der Waals surface area contributed by atoms with Crippen LogP contribution in [0.15, 0.2) is 4.79 Å². The number of rotatable bonds is 3. The number of aryl methyl sites for hydroxylation is 1. The minimum absolute atomic E-state index is 0.00212. The van der Waals surface area contributed by atoms with Crippen molar-refractivity contribution in [1.82, 2.24) is 14.7 Å². The lowest BCUT2D eigenvalue weighted by atomic mass is 10.1. The van der Waals surface area contributed by atoms with Crippen LogP contribution < -0.4 is 11.3 Å². The second kappa shape index (κ2) is 5.93. The van der Waals surface area contributed by atoms with Crippen LogP contribution in [0.1, 0.15) is 38.4 Å². The van der Waals surface area contributed by atoms with Crippen LogP contribution in [0.5, 0.6) is 0 Å². The van der Waals surface area contributed by atoms with Crippen LogP contribution in [-0.4, -0.2) is 39.5 Å². The summed E-state index contributed by atoms with van der Waals surface area (Å²) in [4.78, 5) is 25.9. The molecular weight excluding hydrogens is 272 g/mol. The molecule has 1 amide bonds. The monoisotopic (exact) mass is 296 g/mol. The van der Waals surface area contributed by atoms with Crippen LogP contribution in [0.3, 0.4) is 0 Å². The smallest absolute Gasteiger partial charge is 0.410 e. The Kier molecular flexibility index (Phi) is 4.41. The summed E-state index contributed by atoms with van der Waals surface area (Å²) in [6.45, 7) is 7.53. The number of amides is 1. The first-order valence-corrected chi connectivity index (χ1v) is 7.30. The molecule has 1 aliphatic heterocycles. The molecule has 0 bridgehead atoms. The van der Waals surface area contributed by atoms with E-state index in [1.807, 2.05) is 20.8 Å². The number of carbonyl (C=O) groups is 1. The third-order valence-electron chi connectivity index (χ3n) is 3.36. The zero-order valence-electron chi connectivity index (χ0n) is 12.9. The van der Waals surface area contributed by atoms with Gasteiger partial charge in [0.05, 0.1) is 12.2 Å². The van der Waals surface area contributed by atoms with Gasteiger partial charge in [-0.2, -0.15) is 0 Å². The zero-order valence-corrected chi connectivity index (χ0v) is 12.9. The van der Waals surface area contributed by atoms with Crippen molar-refractivity contribution >= 4 is 6.09 Å². The quantitative estimate of drug-likeness (QED) is 0.863. The fourth-order valence-electron chi connectivity index (χ4n) is 2.37. The molecule has 21 heavy (non-hydrogen) atoms. The maximum Gasteiger partial charge on any atom is 0.410 e. The molecule has 118 valence electrons. The van der Waals surface area contributed by atoms with E-state index in [9.17, 15) is 9.59 Å². The van der Waals surface area contributed by atoms with Crippen molar-refractivity contribution in [3.05, 3.63) is 21.6 Å². The SMILES string of the molecule is CC(C)(C)OC(=O)N1CCc2c([nH]n(CCCN)c2=O)C1. The Hall–Kier alpha value is -1.76. The highest BCUT2D eigenvalue weighted by molar-refractivity contribution is 5.68. The van der Waals surface area contributed by atoms with Gasteiger partial charge < -0.3 is 15.4 Å². The van der Waals surface area contributed by atoms with Gasteiger partial charge in [0, 0.05) is 18.7 Å². The van der Waals surface area contributed by atoms with Gasteiger partial charge in [0.2, 0.25) is 0 Å². The number of aromatic nitrogens is 2. The number of carbonyl (C=O) groups excluding carboxylic acids is 1. The van der Waals surface area contributed by atoms with E-state index < -0.39 is 5.60 Å². The summed E-state index contributed by atoms with van der Waals surface area (Å²) < 4.78 is 6.95. The summed E-state index contributed by atoms with van der Waals surface area (Å²) in [5.74, 6) is 0. The topological polar surface area (TPSA) is 93.3 Å². The predicted molar refractivity (Wildman–Crippen MR) is 79.1 cm³/mol. The Labute approximate surface area is 124 Å². The molecule has 7 heteroatoms. The number of aromatic amines is 1. The van der Waals surface area contributed by atoms with Crippen molar-refractivity contribution < 1.29 is 9.53 Å². The largest absolute Gasteiger partial charge is 0.444 e. The maximum atomic E-state index is 12.2. The van der Waals surface area contributed by atoms with E-state index in [1.165, 1.54) is 0 Å². The normalized spacial score (nSPS) is 15.0. The summed E-state index contributed by atoms with van der Waals surface area (Å²) in [5, 5.41) is 3.08. The number of fused-ring (bicyclic) bond motifs is 1. The number of ether oxygens (including phenoxy) is 1. The molecule has 0 aliphatic carbocycles. The third kappa shape index (κ3) is 3.66. The van der Waals surface area contributed by atoms with Crippen molar-refractivity contribution in [2.45, 2.75) is 52.3 Å². The summed E-state index contributed by atoms with van der Waals surface area (Å²) in [7, 11) is 0. The average Bonchev–Trinajstić information content (AvgIpc) is 2.70. The Morgan fingerprint density at radius 1 is 1.43 bits per heavy atom. The van der Waals surface area contributed by atoms with Gasteiger partial charge in [-0.3, -0.25) is 14.6 Å². The molecule has 0 saturated carbocycles. The van der Waals surface area contributed by atoms with Gasteiger partial charge in [0.15, 0.2) is 0 Å². The molecule has 0 saturated heterocycles. The summed E-state index contributed by atoms with van der Waals surface area (Å²) in [6.07, 6.45) is 0.956. The number of H-pyrrole nitrogens is 1. The average molecular weight is 296 g/mol. The van der Waals surface area contributed by atoms with Crippen molar-refractivity contribution in [2.24, 2.45) is 5.73 Å².